The molecule has 0 radical (unpaired) electrons. The fourth-order valence-electron chi connectivity index (χ4n) is 4.94. The van der Waals surface area contributed by atoms with Crippen LogP contribution in [-0.2, 0) is 9.53 Å². The molecule has 2 bridgehead atoms. The summed E-state index contributed by atoms with van der Waals surface area (Å²) in [4.78, 5) is 12.6. The maximum absolute atomic E-state index is 14.3. The maximum atomic E-state index is 14.3. The summed E-state index contributed by atoms with van der Waals surface area (Å²) in [5.41, 5.74) is -7.79. The predicted octanol–water partition coefficient (Wildman–Crippen LogP) is 4.75. The summed E-state index contributed by atoms with van der Waals surface area (Å²) in [6, 6.07) is -1.68. The van der Waals surface area contributed by atoms with Gasteiger partial charge in [-0.1, -0.05) is 6.92 Å². The molecule has 1 N–H and O–H groups in total. The van der Waals surface area contributed by atoms with E-state index in [1.54, 1.807) is 6.92 Å². The molecule has 3 nitrogen and oxygen atoms in total. The van der Waals surface area contributed by atoms with Crippen molar-refractivity contribution in [1.82, 2.24) is 5.32 Å². The summed E-state index contributed by atoms with van der Waals surface area (Å²) in [6.45, 7) is 4.60. The molecule has 0 aromatic heterocycles. The molecule has 2 unspecified atom stereocenters. The number of esters is 1. The summed E-state index contributed by atoms with van der Waals surface area (Å²) in [5.74, 6) is -2.64. The van der Waals surface area contributed by atoms with Gasteiger partial charge in [0, 0.05) is 18.0 Å². The van der Waals surface area contributed by atoms with Crippen LogP contribution in [-0.4, -0.2) is 36.0 Å². The fraction of sp³-hybridized carbons (Fsp3) is 0.944. The Kier molecular flexibility index (Phi) is 4.61. The van der Waals surface area contributed by atoms with Crippen molar-refractivity contribution >= 4 is 5.97 Å². The molecular formula is C18H25F6NO2. The Morgan fingerprint density at radius 1 is 1.04 bits per heavy atom. The summed E-state index contributed by atoms with van der Waals surface area (Å²) in [6.07, 6.45) is -11.1. The second kappa shape index (κ2) is 6.00. The zero-order chi connectivity index (χ0) is 20.5. The van der Waals surface area contributed by atoms with E-state index in [9.17, 15) is 31.1 Å². The molecule has 0 aromatic carbocycles. The Morgan fingerprint density at radius 3 is 1.78 bits per heavy atom. The zero-order valence-corrected chi connectivity index (χ0v) is 15.6. The number of nitrogens with one attached hydrogen (secondary N) is 1. The third-order valence-corrected chi connectivity index (χ3v) is 7.05. The number of hydrogen-bond donors (Lipinski definition) is 1. The Labute approximate surface area is 154 Å². The van der Waals surface area contributed by atoms with E-state index in [1.165, 1.54) is 13.8 Å². The smallest absolute Gasteiger partial charge is 0.407 e. The van der Waals surface area contributed by atoms with Crippen LogP contribution in [0.5, 0.6) is 0 Å². The van der Waals surface area contributed by atoms with Gasteiger partial charge in [-0.05, 0) is 52.4 Å². The lowest BCUT2D eigenvalue weighted by molar-refractivity contribution is -0.427. The van der Waals surface area contributed by atoms with Gasteiger partial charge in [0.1, 0.15) is 5.60 Å². The van der Waals surface area contributed by atoms with Crippen LogP contribution in [0.4, 0.5) is 26.3 Å². The number of carbonyl (C=O) groups is 1. The van der Waals surface area contributed by atoms with Crippen molar-refractivity contribution in [3.63, 3.8) is 0 Å². The SMILES string of the molecule is CCC(C)(C)C(=O)OC1(C(C2C3CC2N3)(C(F)(F)F)C(F)(F)F)CCCC1. The van der Waals surface area contributed by atoms with Crippen LogP contribution >= 0.6 is 0 Å². The van der Waals surface area contributed by atoms with Crippen LogP contribution in [0.1, 0.15) is 59.3 Å². The van der Waals surface area contributed by atoms with Crippen molar-refractivity contribution in [2.45, 2.75) is 89.3 Å². The van der Waals surface area contributed by atoms with Crippen LogP contribution in [0.2, 0.25) is 0 Å². The normalized spacial score (nSPS) is 30.5. The zero-order valence-electron chi connectivity index (χ0n) is 15.6. The fourth-order valence-corrected chi connectivity index (χ4v) is 4.94. The molecule has 2 saturated heterocycles. The molecule has 4 aliphatic rings. The van der Waals surface area contributed by atoms with Gasteiger partial charge in [0.05, 0.1) is 5.41 Å². The highest BCUT2D eigenvalue weighted by Gasteiger charge is 2.88. The third kappa shape index (κ3) is 2.63. The van der Waals surface area contributed by atoms with Gasteiger partial charge in [-0.25, -0.2) is 0 Å². The average Bonchev–Trinajstić information content (AvgIpc) is 2.88. The first-order valence-corrected chi connectivity index (χ1v) is 9.36. The minimum absolute atomic E-state index is 0.170. The lowest BCUT2D eigenvalue weighted by Crippen LogP contribution is -2.86. The van der Waals surface area contributed by atoms with Crippen LogP contribution in [0, 0.1) is 16.7 Å². The van der Waals surface area contributed by atoms with Crippen molar-refractivity contribution in [2.24, 2.45) is 16.7 Å². The molecule has 4 rings (SSSR count). The molecule has 2 atom stereocenters. The number of carbonyl (C=O) groups excluding carboxylic acids is 1. The van der Waals surface area contributed by atoms with Gasteiger partial charge in [0.25, 0.3) is 0 Å². The van der Waals surface area contributed by atoms with E-state index in [1.807, 2.05) is 0 Å². The number of alkyl halides is 6. The van der Waals surface area contributed by atoms with Gasteiger partial charge in [0.15, 0.2) is 0 Å². The van der Waals surface area contributed by atoms with Crippen LogP contribution in [0.3, 0.4) is 0 Å². The second-order valence-electron chi connectivity index (χ2n) is 8.77. The first-order valence-electron chi connectivity index (χ1n) is 9.36. The molecule has 2 aliphatic carbocycles. The minimum atomic E-state index is -5.57. The Bertz CT molecular complexity index is 578. The van der Waals surface area contributed by atoms with Crippen molar-refractivity contribution < 1.29 is 35.9 Å². The van der Waals surface area contributed by atoms with E-state index in [0.717, 1.165) is 0 Å². The molecule has 2 heterocycles. The van der Waals surface area contributed by atoms with Crippen LogP contribution < -0.4 is 5.32 Å². The molecule has 2 saturated carbocycles. The van der Waals surface area contributed by atoms with Gasteiger partial charge in [0.2, 0.25) is 5.41 Å². The van der Waals surface area contributed by atoms with Crippen molar-refractivity contribution in [1.29, 1.82) is 0 Å². The number of ether oxygens (including phenoxy) is 1. The lowest BCUT2D eigenvalue weighted by Gasteiger charge is -2.68. The Hall–Kier alpha value is -0.990. The summed E-state index contributed by atoms with van der Waals surface area (Å²) >= 11 is 0. The molecule has 156 valence electrons. The van der Waals surface area contributed by atoms with Crippen LogP contribution in [0.15, 0.2) is 0 Å². The Balaban J connectivity index is 2.14. The van der Waals surface area contributed by atoms with E-state index in [-0.39, 0.29) is 19.3 Å². The number of hydrogen-bond acceptors (Lipinski definition) is 3. The minimum Gasteiger partial charge on any atom is -0.457 e. The molecule has 2 aliphatic heterocycles. The highest BCUT2D eigenvalue weighted by Crippen LogP contribution is 2.71. The molecule has 27 heavy (non-hydrogen) atoms. The third-order valence-electron chi connectivity index (χ3n) is 7.05. The largest absolute Gasteiger partial charge is 0.457 e. The van der Waals surface area contributed by atoms with E-state index in [4.69, 9.17) is 4.74 Å². The van der Waals surface area contributed by atoms with Gasteiger partial charge >= 0.3 is 18.3 Å². The standard InChI is InChI=1S/C18H25F6NO2/c1-4-14(2,3)13(26)27-15(7-5-6-8-15)16(17(19,20)21,18(22,23)24)12-10-9-11(12)25-10/h10-12,25H,4-9H2,1-3H3. The molecule has 0 spiro atoms. The Morgan fingerprint density at radius 2 is 1.48 bits per heavy atom. The van der Waals surface area contributed by atoms with Gasteiger partial charge in [-0.2, -0.15) is 26.3 Å². The van der Waals surface area contributed by atoms with Crippen molar-refractivity contribution in [3.05, 3.63) is 0 Å². The number of halogens is 6. The van der Waals surface area contributed by atoms with Gasteiger partial charge < -0.3 is 10.1 Å². The summed E-state index contributed by atoms with van der Waals surface area (Å²) < 4.78 is 91.2. The quantitative estimate of drug-likeness (QED) is 0.534. The molecule has 4 fully saturated rings. The summed E-state index contributed by atoms with van der Waals surface area (Å²) in [5, 5.41) is 2.70. The lowest BCUT2D eigenvalue weighted by atomic mass is 9.47. The van der Waals surface area contributed by atoms with E-state index >= 15 is 0 Å². The maximum Gasteiger partial charge on any atom is 0.407 e. The molecule has 9 heteroatoms. The summed E-state index contributed by atoms with van der Waals surface area (Å²) in [7, 11) is 0. The monoisotopic (exact) mass is 401 g/mol. The van der Waals surface area contributed by atoms with Gasteiger partial charge in [-0.15, -0.1) is 0 Å². The van der Waals surface area contributed by atoms with Gasteiger partial charge in [-0.3, -0.25) is 4.79 Å². The predicted molar refractivity (Wildman–Crippen MR) is 84.7 cm³/mol. The van der Waals surface area contributed by atoms with E-state index in [2.05, 4.69) is 5.32 Å². The average molecular weight is 401 g/mol. The van der Waals surface area contributed by atoms with Crippen LogP contribution in [0.25, 0.3) is 0 Å². The number of rotatable bonds is 5. The second-order valence-corrected chi connectivity index (χ2v) is 8.77. The van der Waals surface area contributed by atoms with Crippen molar-refractivity contribution in [3.8, 4) is 0 Å². The highest BCUT2D eigenvalue weighted by atomic mass is 19.4. The first-order chi connectivity index (χ1) is 12.2. The highest BCUT2D eigenvalue weighted by molar-refractivity contribution is 5.76. The topological polar surface area (TPSA) is 38.3 Å². The van der Waals surface area contributed by atoms with Crippen molar-refractivity contribution in [2.75, 3.05) is 0 Å². The van der Waals surface area contributed by atoms with E-state index < -0.39 is 65.6 Å². The molecule has 0 amide bonds. The first kappa shape index (κ1) is 20.7. The van der Waals surface area contributed by atoms with E-state index in [0.29, 0.717) is 6.42 Å². The molecular weight excluding hydrogens is 376 g/mol. The molecule has 0 aromatic rings.